The van der Waals surface area contributed by atoms with Gasteiger partial charge in [0.05, 0.1) is 0 Å². The van der Waals surface area contributed by atoms with E-state index < -0.39 is 5.97 Å². The molecule has 4 heteroatoms. The second-order valence-corrected chi connectivity index (χ2v) is 4.53. The highest BCUT2D eigenvalue weighted by Crippen LogP contribution is 2.29. The first kappa shape index (κ1) is 11.1. The highest BCUT2D eigenvalue weighted by atomic mass is 35.5. The minimum absolute atomic E-state index is 0.00463. The summed E-state index contributed by atoms with van der Waals surface area (Å²) in [5, 5.41) is 9.26. The van der Waals surface area contributed by atoms with Gasteiger partial charge in [-0.25, -0.2) is 0 Å². The van der Waals surface area contributed by atoms with Crippen molar-refractivity contribution in [1.82, 2.24) is 0 Å². The van der Waals surface area contributed by atoms with Crippen molar-refractivity contribution in [3.63, 3.8) is 0 Å². The third kappa shape index (κ3) is 2.25. The Bertz CT molecular complexity index is 454. The van der Waals surface area contributed by atoms with E-state index in [1.54, 1.807) is 12.1 Å². The zero-order chi connectivity index (χ0) is 11.7. The van der Waals surface area contributed by atoms with E-state index >= 15 is 0 Å². The van der Waals surface area contributed by atoms with Crippen molar-refractivity contribution in [2.75, 3.05) is 0 Å². The summed E-state index contributed by atoms with van der Waals surface area (Å²) in [5.74, 6) is -0.941. The molecule has 0 radical (unpaired) electrons. The summed E-state index contributed by atoms with van der Waals surface area (Å²) in [6.45, 7) is 0. The Balaban J connectivity index is 2.26. The Kier molecular flexibility index (Phi) is 2.97. The molecule has 1 aromatic carbocycles. The standard InChI is InChI=1S/C12H11ClO3/c13-9-2-1-8-3-7(5-12(15)16)4-11(14)10(8)6-9/h1-2,6-7H,3-5H2,(H,15,16). The van der Waals surface area contributed by atoms with Gasteiger partial charge < -0.3 is 5.11 Å². The number of aliphatic carboxylic acids is 1. The molecular formula is C12H11ClO3. The zero-order valence-corrected chi connectivity index (χ0v) is 9.33. The molecule has 0 saturated carbocycles. The van der Waals surface area contributed by atoms with Gasteiger partial charge in [0.25, 0.3) is 0 Å². The minimum atomic E-state index is -0.852. The Labute approximate surface area is 98.0 Å². The van der Waals surface area contributed by atoms with Crippen molar-refractivity contribution in [1.29, 1.82) is 0 Å². The van der Waals surface area contributed by atoms with Crippen molar-refractivity contribution in [3.05, 3.63) is 34.3 Å². The van der Waals surface area contributed by atoms with E-state index in [1.165, 1.54) is 0 Å². The molecule has 0 aromatic heterocycles. The Hall–Kier alpha value is -1.35. The van der Waals surface area contributed by atoms with Gasteiger partial charge in [-0.2, -0.15) is 0 Å². The van der Waals surface area contributed by atoms with Crippen molar-refractivity contribution < 1.29 is 14.7 Å². The predicted molar refractivity (Wildman–Crippen MR) is 59.8 cm³/mol. The molecule has 84 valence electrons. The Morgan fingerprint density at radius 2 is 2.19 bits per heavy atom. The van der Waals surface area contributed by atoms with Crippen LogP contribution in [-0.4, -0.2) is 16.9 Å². The van der Waals surface area contributed by atoms with E-state index in [-0.39, 0.29) is 18.1 Å². The quantitative estimate of drug-likeness (QED) is 0.862. The number of carboxylic acid groups (broad SMARTS) is 1. The molecule has 1 aliphatic rings. The maximum Gasteiger partial charge on any atom is 0.303 e. The van der Waals surface area contributed by atoms with E-state index in [1.807, 2.05) is 6.07 Å². The van der Waals surface area contributed by atoms with Crippen LogP contribution in [0.1, 0.15) is 28.8 Å². The summed E-state index contributed by atoms with van der Waals surface area (Å²) < 4.78 is 0. The normalized spacial score (nSPS) is 19.3. The van der Waals surface area contributed by atoms with Crippen molar-refractivity contribution in [2.24, 2.45) is 5.92 Å². The second kappa shape index (κ2) is 4.26. The lowest BCUT2D eigenvalue weighted by molar-refractivity contribution is -0.138. The van der Waals surface area contributed by atoms with Crippen LogP contribution in [-0.2, 0) is 11.2 Å². The van der Waals surface area contributed by atoms with Crippen molar-refractivity contribution >= 4 is 23.4 Å². The number of hydrogen-bond donors (Lipinski definition) is 1. The molecule has 0 amide bonds. The van der Waals surface area contributed by atoms with Crippen LogP contribution in [0.3, 0.4) is 0 Å². The monoisotopic (exact) mass is 238 g/mol. The fourth-order valence-electron chi connectivity index (χ4n) is 2.13. The Morgan fingerprint density at radius 1 is 1.44 bits per heavy atom. The fraction of sp³-hybridized carbons (Fsp3) is 0.333. The first-order valence-corrected chi connectivity index (χ1v) is 5.47. The van der Waals surface area contributed by atoms with Crippen LogP contribution in [0.5, 0.6) is 0 Å². The molecule has 2 rings (SSSR count). The van der Waals surface area contributed by atoms with Crippen LogP contribution < -0.4 is 0 Å². The summed E-state index contributed by atoms with van der Waals surface area (Å²) in [5.41, 5.74) is 1.56. The third-order valence-corrected chi connectivity index (χ3v) is 3.05. The lowest BCUT2D eigenvalue weighted by Gasteiger charge is -2.22. The van der Waals surface area contributed by atoms with Gasteiger partial charge in [0.1, 0.15) is 0 Å². The van der Waals surface area contributed by atoms with Gasteiger partial charge in [-0.1, -0.05) is 17.7 Å². The number of fused-ring (bicyclic) bond motifs is 1. The van der Waals surface area contributed by atoms with Crippen LogP contribution in [0.4, 0.5) is 0 Å². The van der Waals surface area contributed by atoms with Gasteiger partial charge in [-0.05, 0) is 30.0 Å². The number of carboxylic acids is 1. The fourth-order valence-corrected chi connectivity index (χ4v) is 2.30. The molecule has 1 aliphatic carbocycles. The zero-order valence-electron chi connectivity index (χ0n) is 8.57. The minimum Gasteiger partial charge on any atom is -0.481 e. The van der Waals surface area contributed by atoms with E-state index in [0.29, 0.717) is 23.4 Å². The van der Waals surface area contributed by atoms with Crippen LogP contribution in [0.25, 0.3) is 0 Å². The topological polar surface area (TPSA) is 54.4 Å². The number of ketones is 1. The summed E-state index contributed by atoms with van der Waals surface area (Å²) in [4.78, 5) is 22.4. The van der Waals surface area contributed by atoms with E-state index in [2.05, 4.69) is 0 Å². The van der Waals surface area contributed by atoms with Gasteiger partial charge in [-0.15, -0.1) is 0 Å². The SMILES string of the molecule is O=C(O)CC1CC(=O)c2cc(Cl)ccc2C1. The first-order chi connectivity index (χ1) is 7.56. The third-order valence-electron chi connectivity index (χ3n) is 2.82. The maximum atomic E-state index is 11.8. The second-order valence-electron chi connectivity index (χ2n) is 4.10. The highest BCUT2D eigenvalue weighted by Gasteiger charge is 2.26. The van der Waals surface area contributed by atoms with Crippen LogP contribution in [0.2, 0.25) is 5.02 Å². The lowest BCUT2D eigenvalue weighted by atomic mass is 9.81. The maximum absolute atomic E-state index is 11.8. The molecule has 0 fully saturated rings. The smallest absolute Gasteiger partial charge is 0.303 e. The largest absolute Gasteiger partial charge is 0.481 e. The van der Waals surface area contributed by atoms with Crippen molar-refractivity contribution in [3.8, 4) is 0 Å². The van der Waals surface area contributed by atoms with Gasteiger partial charge in [-0.3, -0.25) is 9.59 Å². The molecule has 0 aliphatic heterocycles. The molecule has 3 nitrogen and oxygen atoms in total. The van der Waals surface area contributed by atoms with Crippen LogP contribution >= 0.6 is 11.6 Å². The molecule has 0 saturated heterocycles. The molecule has 0 spiro atoms. The summed E-state index contributed by atoms with van der Waals surface area (Å²) in [7, 11) is 0. The molecule has 0 heterocycles. The van der Waals surface area contributed by atoms with Gasteiger partial charge in [0.15, 0.2) is 5.78 Å². The summed E-state index contributed by atoms with van der Waals surface area (Å²) >= 11 is 5.82. The van der Waals surface area contributed by atoms with Crippen LogP contribution in [0, 0.1) is 5.92 Å². The molecule has 1 N–H and O–H groups in total. The Morgan fingerprint density at radius 3 is 2.88 bits per heavy atom. The van der Waals surface area contributed by atoms with E-state index in [9.17, 15) is 9.59 Å². The molecule has 1 unspecified atom stereocenters. The number of halogens is 1. The number of rotatable bonds is 2. The highest BCUT2D eigenvalue weighted by molar-refractivity contribution is 6.31. The number of hydrogen-bond acceptors (Lipinski definition) is 2. The predicted octanol–water partition coefficient (Wildman–Crippen LogP) is 2.56. The molecular weight excluding hydrogens is 228 g/mol. The summed E-state index contributed by atoms with van der Waals surface area (Å²) in [6.07, 6.45) is 0.998. The van der Waals surface area contributed by atoms with Gasteiger partial charge in [0, 0.05) is 23.4 Å². The average molecular weight is 239 g/mol. The lowest BCUT2D eigenvalue weighted by Crippen LogP contribution is -2.22. The number of benzene rings is 1. The summed E-state index contributed by atoms with van der Waals surface area (Å²) in [6, 6.07) is 5.20. The van der Waals surface area contributed by atoms with E-state index in [0.717, 1.165) is 5.56 Å². The molecule has 1 atom stereocenters. The molecule has 1 aromatic rings. The van der Waals surface area contributed by atoms with E-state index in [4.69, 9.17) is 16.7 Å². The van der Waals surface area contributed by atoms with Crippen LogP contribution in [0.15, 0.2) is 18.2 Å². The number of carbonyl (C=O) groups is 2. The number of carbonyl (C=O) groups excluding carboxylic acids is 1. The average Bonchev–Trinajstić information content (AvgIpc) is 2.18. The molecule has 0 bridgehead atoms. The number of Topliss-reactive ketones (excluding diaryl/α,β-unsaturated/α-hetero) is 1. The van der Waals surface area contributed by atoms with Gasteiger partial charge in [0.2, 0.25) is 0 Å². The van der Waals surface area contributed by atoms with Crippen molar-refractivity contribution in [2.45, 2.75) is 19.3 Å². The van der Waals surface area contributed by atoms with Gasteiger partial charge >= 0.3 is 5.97 Å². The molecule has 16 heavy (non-hydrogen) atoms. The first-order valence-electron chi connectivity index (χ1n) is 5.09.